The molecule has 162 valence electrons. The van der Waals surface area contributed by atoms with E-state index in [1.54, 1.807) is 0 Å². The minimum absolute atomic E-state index is 0.00607. The van der Waals surface area contributed by atoms with Gasteiger partial charge in [-0.25, -0.2) is 0 Å². The number of hydrogen-bond donors (Lipinski definition) is 1. The van der Waals surface area contributed by atoms with Crippen molar-refractivity contribution in [3.63, 3.8) is 0 Å². The van der Waals surface area contributed by atoms with E-state index in [1.165, 1.54) is 17.3 Å². The molecule has 4 nitrogen and oxygen atoms in total. The van der Waals surface area contributed by atoms with Crippen LogP contribution in [0.15, 0.2) is 29.2 Å². The van der Waals surface area contributed by atoms with Crippen molar-refractivity contribution >= 4 is 31.1 Å². The third-order valence-electron chi connectivity index (χ3n) is 6.45. The molecule has 0 spiro atoms. The SMILES string of the molecule is CC(C)c1ccccc1SC(=O)[C@H](C)[C@H]1NC(=O)[C@@H]1[C@@H](C)O[Si](C)(C)C(C)(C)C. The molecule has 6 heteroatoms. The van der Waals surface area contributed by atoms with Crippen LogP contribution in [0.1, 0.15) is 59.9 Å². The van der Waals surface area contributed by atoms with Crippen LogP contribution in [0.2, 0.25) is 18.1 Å². The van der Waals surface area contributed by atoms with E-state index in [9.17, 15) is 9.59 Å². The van der Waals surface area contributed by atoms with Crippen molar-refractivity contribution in [1.29, 1.82) is 0 Å². The fraction of sp³-hybridized carbons (Fsp3) is 0.652. The molecule has 4 atom stereocenters. The molecule has 0 radical (unpaired) electrons. The molecule has 29 heavy (non-hydrogen) atoms. The third kappa shape index (κ3) is 5.33. The molecule has 0 saturated carbocycles. The summed E-state index contributed by atoms with van der Waals surface area (Å²) in [7, 11) is -1.99. The zero-order chi connectivity index (χ0) is 22.1. The average Bonchev–Trinajstić information content (AvgIpc) is 2.57. The minimum Gasteiger partial charge on any atom is -0.413 e. The van der Waals surface area contributed by atoms with E-state index in [0.29, 0.717) is 5.92 Å². The van der Waals surface area contributed by atoms with Crippen molar-refractivity contribution < 1.29 is 14.0 Å². The number of β-lactam (4-membered cyclic amide) rings is 1. The van der Waals surface area contributed by atoms with Gasteiger partial charge in [0.1, 0.15) is 0 Å². The first kappa shape index (κ1) is 24.2. The van der Waals surface area contributed by atoms with Gasteiger partial charge in [0.05, 0.1) is 18.1 Å². The van der Waals surface area contributed by atoms with Crippen molar-refractivity contribution in [2.24, 2.45) is 11.8 Å². The highest BCUT2D eigenvalue weighted by Crippen LogP contribution is 2.40. The summed E-state index contributed by atoms with van der Waals surface area (Å²) in [5, 5.41) is 3.13. The van der Waals surface area contributed by atoms with Crippen molar-refractivity contribution in [1.82, 2.24) is 5.32 Å². The summed E-state index contributed by atoms with van der Waals surface area (Å²) in [6.45, 7) is 19.1. The van der Waals surface area contributed by atoms with Crippen LogP contribution in [-0.4, -0.2) is 31.5 Å². The van der Waals surface area contributed by atoms with Crippen molar-refractivity contribution in [3.05, 3.63) is 29.8 Å². The van der Waals surface area contributed by atoms with Gasteiger partial charge in [-0.2, -0.15) is 0 Å². The van der Waals surface area contributed by atoms with E-state index in [0.717, 1.165) is 4.90 Å². The van der Waals surface area contributed by atoms with Crippen molar-refractivity contribution in [2.75, 3.05) is 0 Å². The number of benzene rings is 1. The molecule has 0 aromatic heterocycles. The molecular formula is C23H37NO3SSi. The Hall–Kier alpha value is -1.11. The fourth-order valence-corrected chi connectivity index (χ4v) is 6.02. The van der Waals surface area contributed by atoms with Gasteiger partial charge in [0.25, 0.3) is 0 Å². The topological polar surface area (TPSA) is 55.4 Å². The highest BCUT2D eigenvalue weighted by atomic mass is 32.2. The van der Waals surface area contributed by atoms with Crippen LogP contribution < -0.4 is 5.32 Å². The normalized spacial score (nSPS) is 22.1. The van der Waals surface area contributed by atoms with Crippen LogP contribution in [0.5, 0.6) is 0 Å². The molecule has 2 rings (SSSR count). The third-order valence-corrected chi connectivity index (χ3v) is 12.2. The van der Waals surface area contributed by atoms with E-state index >= 15 is 0 Å². The molecule has 0 unspecified atom stereocenters. The lowest BCUT2D eigenvalue weighted by molar-refractivity contribution is -0.143. The van der Waals surface area contributed by atoms with Gasteiger partial charge < -0.3 is 9.74 Å². The Labute approximate surface area is 181 Å². The Bertz CT molecular complexity index is 757. The molecule has 1 amide bonds. The van der Waals surface area contributed by atoms with Crippen LogP contribution in [0, 0.1) is 11.8 Å². The quantitative estimate of drug-likeness (QED) is 0.344. The van der Waals surface area contributed by atoms with Crippen LogP contribution >= 0.6 is 11.8 Å². The van der Waals surface area contributed by atoms with E-state index in [-0.39, 0.29) is 40.0 Å². The van der Waals surface area contributed by atoms with Crippen LogP contribution in [0.25, 0.3) is 0 Å². The predicted molar refractivity (Wildman–Crippen MR) is 124 cm³/mol. The van der Waals surface area contributed by atoms with Crippen LogP contribution in [0.4, 0.5) is 0 Å². The molecule has 1 aromatic carbocycles. The van der Waals surface area contributed by atoms with Gasteiger partial charge >= 0.3 is 0 Å². The molecule has 0 aliphatic carbocycles. The summed E-state index contributed by atoms with van der Waals surface area (Å²) >= 11 is 1.29. The maximum Gasteiger partial charge on any atom is 0.228 e. The second-order valence-corrected chi connectivity index (χ2v) is 15.8. The Morgan fingerprint density at radius 3 is 2.24 bits per heavy atom. The van der Waals surface area contributed by atoms with Gasteiger partial charge in [0.2, 0.25) is 5.91 Å². The highest BCUT2D eigenvalue weighted by Gasteiger charge is 2.50. The van der Waals surface area contributed by atoms with E-state index in [4.69, 9.17) is 4.43 Å². The first-order valence-electron chi connectivity index (χ1n) is 10.5. The van der Waals surface area contributed by atoms with E-state index < -0.39 is 8.32 Å². The van der Waals surface area contributed by atoms with Crippen LogP contribution in [-0.2, 0) is 14.0 Å². The first-order chi connectivity index (χ1) is 13.3. The second kappa shape index (κ2) is 8.94. The molecule has 1 saturated heterocycles. The van der Waals surface area contributed by atoms with Crippen LogP contribution in [0.3, 0.4) is 0 Å². The molecule has 1 heterocycles. The van der Waals surface area contributed by atoms with Crippen molar-refractivity contribution in [2.45, 2.75) is 89.6 Å². The Balaban J connectivity index is 2.10. The molecule has 0 bridgehead atoms. The summed E-state index contributed by atoms with van der Waals surface area (Å²) < 4.78 is 6.47. The summed E-state index contributed by atoms with van der Waals surface area (Å²) in [5.41, 5.74) is 1.18. The molecule has 1 aliphatic rings. The smallest absolute Gasteiger partial charge is 0.228 e. The number of rotatable bonds is 7. The number of carbonyl (C=O) groups is 2. The fourth-order valence-electron chi connectivity index (χ4n) is 3.47. The largest absolute Gasteiger partial charge is 0.413 e. The van der Waals surface area contributed by atoms with Gasteiger partial charge in [-0.1, -0.05) is 71.5 Å². The van der Waals surface area contributed by atoms with E-state index in [1.807, 2.05) is 32.0 Å². The number of carbonyl (C=O) groups excluding carboxylic acids is 2. The summed E-state index contributed by atoms with van der Waals surface area (Å²) in [6, 6.07) is 7.89. The molecule has 1 fully saturated rings. The van der Waals surface area contributed by atoms with Gasteiger partial charge in [0, 0.05) is 10.8 Å². The Morgan fingerprint density at radius 1 is 1.14 bits per heavy atom. The molecule has 1 aromatic rings. The number of nitrogens with one attached hydrogen (secondary N) is 1. The maximum atomic E-state index is 13.0. The molecular weight excluding hydrogens is 398 g/mol. The average molecular weight is 436 g/mol. The lowest BCUT2D eigenvalue weighted by Gasteiger charge is -2.46. The lowest BCUT2D eigenvalue weighted by atomic mass is 9.79. The van der Waals surface area contributed by atoms with Gasteiger partial charge in [-0.15, -0.1) is 0 Å². The van der Waals surface area contributed by atoms with Gasteiger partial charge in [0.15, 0.2) is 13.4 Å². The lowest BCUT2D eigenvalue weighted by Crippen LogP contribution is -2.66. The van der Waals surface area contributed by atoms with Crippen molar-refractivity contribution in [3.8, 4) is 0 Å². The summed E-state index contributed by atoms with van der Waals surface area (Å²) in [5.74, 6) is -0.193. The van der Waals surface area contributed by atoms with Gasteiger partial charge in [-0.05, 0) is 42.6 Å². The number of amides is 1. The summed E-state index contributed by atoms with van der Waals surface area (Å²) in [4.78, 5) is 26.4. The monoisotopic (exact) mass is 435 g/mol. The first-order valence-corrected chi connectivity index (χ1v) is 14.3. The number of hydrogen-bond acceptors (Lipinski definition) is 4. The maximum absolute atomic E-state index is 13.0. The Kier molecular flexibility index (Phi) is 7.45. The minimum atomic E-state index is -1.99. The Morgan fingerprint density at radius 2 is 1.72 bits per heavy atom. The van der Waals surface area contributed by atoms with Gasteiger partial charge in [-0.3, -0.25) is 9.59 Å². The zero-order valence-electron chi connectivity index (χ0n) is 19.3. The number of thioether (sulfide) groups is 1. The standard InChI is InChI=1S/C23H37NO3SSi/c1-14(2)17-12-10-11-13-18(17)28-22(26)15(3)20-19(21(25)24-20)16(4)27-29(8,9)23(5,6)7/h10-16,19-20H,1-9H3,(H,24,25)/t15-,16-,19-,20-/m1/s1. The molecule has 1 N–H and O–H groups in total. The molecule has 1 aliphatic heterocycles. The second-order valence-electron chi connectivity index (χ2n) is 10.0. The summed E-state index contributed by atoms with van der Waals surface area (Å²) in [6.07, 6.45) is -0.196. The highest BCUT2D eigenvalue weighted by molar-refractivity contribution is 8.13. The predicted octanol–water partition coefficient (Wildman–Crippen LogP) is 5.59. The van der Waals surface area contributed by atoms with E-state index in [2.05, 4.69) is 59.1 Å². The zero-order valence-corrected chi connectivity index (χ0v) is 21.1.